The highest BCUT2D eigenvalue weighted by Crippen LogP contribution is 2.19. The topological polar surface area (TPSA) is 9.23 Å². The monoisotopic (exact) mass is 360 g/mol. The summed E-state index contributed by atoms with van der Waals surface area (Å²) in [4.78, 5) is 0. The van der Waals surface area contributed by atoms with Crippen molar-refractivity contribution in [3.63, 3.8) is 0 Å². The average molecular weight is 360 g/mol. The van der Waals surface area contributed by atoms with Gasteiger partial charge in [0.25, 0.3) is 0 Å². The Hall–Kier alpha value is -1.55. The molecule has 0 heterocycles. The number of rotatable bonds is 3. The van der Waals surface area contributed by atoms with Gasteiger partial charge in [0.15, 0.2) is 0 Å². The van der Waals surface area contributed by atoms with Crippen LogP contribution >= 0.6 is 22.6 Å². The molecule has 3 aromatic rings. The Bertz CT molecular complexity index is 706. The van der Waals surface area contributed by atoms with E-state index in [0.717, 1.165) is 5.75 Å². The highest BCUT2D eigenvalue weighted by Gasteiger charge is 1.98. The minimum absolute atomic E-state index is 0.602. The molecule has 0 spiro atoms. The van der Waals surface area contributed by atoms with Gasteiger partial charge in [-0.15, -0.1) is 0 Å². The fourth-order valence-corrected chi connectivity index (χ4v) is 2.57. The lowest BCUT2D eigenvalue weighted by Crippen LogP contribution is -1.95. The lowest BCUT2D eigenvalue weighted by atomic mass is 10.1. The highest BCUT2D eigenvalue weighted by atomic mass is 127. The van der Waals surface area contributed by atoms with E-state index in [1.165, 1.54) is 19.9 Å². The second-order valence-corrected chi connectivity index (χ2v) is 5.67. The Morgan fingerprint density at radius 1 is 0.789 bits per heavy atom. The standard InChI is InChI=1S/C17H13IO/c18-16-6-3-7-17(11-16)19-12-13-8-9-14-4-1-2-5-15(14)10-13/h1-11H,12H2. The van der Waals surface area contributed by atoms with Gasteiger partial charge in [0.05, 0.1) is 0 Å². The molecular formula is C17H13IO. The smallest absolute Gasteiger partial charge is 0.120 e. The molecule has 0 saturated heterocycles. The van der Waals surface area contributed by atoms with Gasteiger partial charge in [-0.05, 0) is 63.2 Å². The minimum Gasteiger partial charge on any atom is -0.489 e. The Morgan fingerprint density at radius 2 is 1.63 bits per heavy atom. The fourth-order valence-electron chi connectivity index (χ4n) is 2.05. The molecule has 2 heteroatoms. The van der Waals surface area contributed by atoms with Gasteiger partial charge in [-0.1, -0.05) is 42.5 Å². The molecule has 0 fully saturated rings. The largest absolute Gasteiger partial charge is 0.489 e. The summed E-state index contributed by atoms with van der Waals surface area (Å²) < 4.78 is 7.01. The molecule has 0 aliphatic rings. The van der Waals surface area contributed by atoms with Crippen molar-refractivity contribution in [2.24, 2.45) is 0 Å². The molecule has 0 aromatic heterocycles. The fraction of sp³-hybridized carbons (Fsp3) is 0.0588. The van der Waals surface area contributed by atoms with Gasteiger partial charge in [0, 0.05) is 3.57 Å². The van der Waals surface area contributed by atoms with Crippen molar-refractivity contribution in [2.45, 2.75) is 6.61 Å². The van der Waals surface area contributed by atoms with Crippen LogP contribution in [0.3, 0.4) is 0 Å². The number of halogens is 1. The van der Waals surface area contributed by atoms with Crippen molar-refractivity contribution < 1.29 is 4.74 Å². The molecule has 0 radical (unpaired) electrons. The molecule has 0 atom stereocenters. The van der Waals surface area contributed by atoms with E-state index in [1.54, 1.807) is 0 Å². The first kappa shape index (κ1) is 12.5. The van der Waals surface area contributed by atoms with E-state index in [4.69, 9.17) is 4.74 Å². The zero-order valence-electron chi connectivity index (χ0n) is 10.3. The maximum Gasteiger partial charge on any atom is 0.120 e. The van der Waals surface area contributed by atoms with Crippen LogP contribution < -0.4 is 4.74 Å². The number of fused-ring (bicyclic) bond motifs is 1. The molecular weight excluding hydrogens is 347 g/mol. The third kappa shape index (κ3) is 3.07. The van der Waals surface area contributed by atoms with Crippen LogP contribution in [0, 0.1) is 3.57 Å². The number of hydrogen-bond donors (Lipinski definition) is 0. The third-order valence-corrected chi connectivity index (χ3v) is 3.69. The molecule has 0 aliphatic heterocycles. The molecule has 0 amide bonds. The van der Waals surface area contributed by atoms with Gasteiger partial charge in [0.1, 0.15) is 12.4 Å². The SMILES string of the molecule is Ic1cccc(OCc2ccc3ccccc3c2)c1. The van der Waals surface area contributed by atoms with Gasteiger partial charge in [-0.2, -0.15) is 0 Å². The summed E-state index contributed by atoms with van der Waals surface area (Å²) in [5.41, 5.74) is 1.19. The minimum atomic E-state index is 0.602. The molecule has 0 unspecified atom stereocenters. The van der Waals surface area contributed by atoms with Crippen molar-refractivity contribution in [3.05, 3.63) is 75.9 Å². The molecule has 3 rings (SSSR count). The quantitative estimate of drug-likeness (QED) is 0.596. The summed E-state index contributed by atoms with van der Waals surface area (Å²) in [6, 6.07) is 22.9. The zero-order chi connectivity index (χ0) is 13.1. The van der Waals surface area contributed by atoms with E-state index in [1.807, 2.05) is 18.2 Å². The normalized spacial score (nSPS) is 10.6. The predicted octanol–water partition coefficient (Wildman–Crippen LogP) is 5.02. The van der Waals surface area contributed by atoms with E-state index in [0.29, 0.717) is 6.61 Å². The van der Waals surface area contributed by atoms with E-state index in [2.05, 4.69) is 71.1 Å². The van der Waals surface area contributed by atoms with Crippen molar-refractivity contribution >= 4 is 33.4 Å². The van der Waals surface area contributed by atoms with Gasteiger partial charge in [0.2, 0.25) is 0 Å². The molecule has 0 saturated carbocycles. The Morgan fingerprint density at radius 3 is 2.47 bits per heavy atom. The first-order valence-electron chi connectivity index (χ1n) is 6.17. The van der Waals surface area contributed by atoms with Crippen molar-refractivity contribution in [3.8, 4) is 5.75 Å². The van der Waals surface area contributed by atoms with Gasteiger partial charge in [-0.25, -0.2) is 0 Å². The molecule has 0 N–H and O–H groups in total. The Kier molecular flexibility index (Phi) is 3.69. The summed E-state index contributed by atoms with van der Waals surface area (Å²) in [6.07, 6.45) is 0. The number of ether oxygens (including phenoxy) is 1. The van der Waals surface area contributed by atoms with Gasteiger partial charge in [-0.3, -0.25) is 0 Å². The second-order valence-electron chi connectivity index (χ2n) is 4.43. The van der Waals surface area contributed by atoms with Crippen molar-refractivity contribution in [1.29, 1.82) is 0 Å². The van der Waals surface area contributed by atoms with Crippen molar-refractivity contribution in [1.82, 2.24) is 0 Å². The van der Waals surface area contributed by atoms with Crippen molar-refractivity contribution in [2.75, 3.05) is 0 Å². The van der Waals surface area contributed by atoms with Crippen LogP contribution in [0.4, 0.5) is 0 Å². The summed E-state index contributed by atoms with van der Waals surface area (Å²) in [6.45, 7) is 0.602. The predicted molar refractivity (Wildman–Crippen MR) is 87.4 cm³/mol. The molecule has 0 bridgehead atoms. The van der Waals surface area contributed by atoms with Crippen LogP contribution in [-0.2, 0) is 6.61 Å². The average Bonchev–Trinajstić information content (AvgIpc) is 2.45. The Labute approximate surface area is 126 Å². The summed E-state index contributed by atoms with van der Waals surface area (Å²) in [5.74, 6) is 0.917. The Balaban J connectivity index is 1.78. The second kappa shape index (κ2) is 5.61. The molecule has 94 valence electrons. The molecule has 3 aromatic carbocycles. The van der Waals surface area contributed by atoms with Crippen LogP contribution in [-0.4, -0.2) is 0 Å². The van der Waals surface area contributed by atoms with E-state index >= 15 is 0 Å². The van der Waals surface area contributed by atoms with Crippen LogP contribution in [0.25, 0.3) is 10.8 Å². The first-order chi connectivity index (χ1) is 9.31. The van der Waals surface area contributed by atoms with Crippen LogP contribution in [0.2, 0.25) is 0 Å². The zero-order valence-corrected chi connectivity index (χ0v) is 12.5. The highest BCUT2D eigenvalue weighted by molar-refractivity contribution is 14.1. The molecule has 0 aliphatic carbocycles. The van der Waals surface area contributed by atoms with Crippen LogP contribution in [0.15, 0.2) is 66.7 Å². The molecule has 1 nitrogen and oxygen atoms in total. The van der Waals surface area contributed by atoms with Gasteiger partial charge >= 0.3 is 0 Å². The molecule has 19 heavy (non-hydrogen) atoms. The van der Waals surface area contributed by atoms with E-state index < -0.39 is 0 Å². The maximum atomic E-state index is 5.82. The lowest BCUT2D eigenvalue weighted by molar-refractivity contribution is 0.306. The third-order valence-electron chi connectivity index (χ3n) is 3.02. The lowest BCUT2D eigenvalue weighted by Gasteiger charge is -2.07. The van der Waals surface area contributed by atoms with Crippen LogP contribution in [0.5, 0.6) is 5.75 Å². The van der Waals surface area contributed by atoms with E-state index in [9.17, 15) is 0 Å². The summed E-state index contributed by atoms with van der Waals surface area (Å²) in [5, 5.41) is 2.52. The number of benzene rings is 3. The van der Waals surface area contributed by atoms with Crippen LogP contribution in [0.1, 0.15) is 5.56 Å². The summed E-state index contributed by atoms with van der Waals surface area (Å²) >= 11 is 2.29. The first-order valence-corrected chi connectivity index (χ1v) is 7.25. The van der Waals surface area contributed by atoms with Gasteiger partial charge < -0.3 is 4.74 Å². The maximum absolute atomic E-state index is 5.82. The number of hydrogen-bond acceptors (Lipinski definition) is 1. The van der Waals surface area contributed by atoms with E-state index in [-0.39, 0.29) is 0 Å². The summed E-state index contributed by atoms with van der Waals surface area (Å²) in [7, 11) is 0.